The van der Waals surface area contributed by atoms with Crippen molar-refractivity contribution in [3.63, 3.8) is 0 Å². The molecule has 0 aliphatic carbocycles. The number of phenolic OH excluding ortho intramolecular Hbond substituents is 1. The highest BCUT2D eigenvalue weighted by molar-refractivity contribution is 7.18. The quantitative estimate of drug-likeness (QED) is 0.562. The molecule has 0 aliphatic rings. The summed E-state index contributed by atoms with van der Waals surface area (Å²) in [5, 5.41) is 10.0. The number of aromatic amines is 1. The zero-order valence-corrected chi connectivity index (χ0v) is 13.8. The second-order valence-electron chi connectivity index (χ2n) is 5.12. The van der Waals surface area contributed by atoms with E-state index in [0.717, 1.165) is 4.88 Å². The summed E-state index contributed by atoms with van der Waals surface area (Å²) in [6, 6.07) is 6.47. The molecule has 0 saturated heterocycles. The number of aromatic hydroxyl groups is 1. The Morgan fingerprint density at radius 2 is 2.17 bits per heavy atom. The lowest BCUT2D eigenvalue weighted by Gasteiger charge is -2.03. The number of aromatic nitrogens is 2. The molecule has 0 atom stereocenters. The van der Waals surface area contributed by atoms with Crippen LogP contribution in [0.2, 0.25) is 0 Å². The Morgan fingerprint density at radius 3 is 2.92 bits per heavy atom. The van der Waals surface area contributed by atoms with E-state index in [1.165, 1.54) is 30.6 Å². The number of nitrogens with zero attached hydrogens (tertiary/aromatic N) is 1. The molecule has 0 fully saturated rings. The van der Waals surface area contributed by atoms with Crippen LogP contribution in [0.1, 0.15) is 21.1 Å². The van der Waals surface area contributed by atoms with E-state index in [0.29, 0.717) is 21.5 Å². The Labute approximate surface area is 141 Å². The van der Waals surface area contributed by atoms with Crippen LogP contribution in [0.5, 0.6) is 11.5 Å². The molecule has 0 saturated carbocycles. The number of carbonyl (C=O) groups is 1. The third-order valence-corrected chi connectivity index (χ3v) is 4.33. The number of fused-ring (bicyclic) bond motifs is 1. The fraction of sp³-hybridized carbons (Fsp3) is 0.118. The Balaban J connectivity index is 1.91. The summed E-state index contributed by atoms with van der Waals surface area (Å²) in [6.07, 6.45) is 2.88. The fourth-order valence-corrected chi connectivity index (χ4v) is 3.10. The maximum absolute atomic E-state index is 12.2. The number of ether oxygens (including phenoxy) is 1. The van der Waals surface area contributed by atoms with Crippen LogP contribution in [0.15, 0.2) is 35.1 Å². The van der Waals surface area contributed by atoms with Gasteiger partial charge in [-0.1, -0.05) is 12.1 Å². The summed E-state index contributed by atoms with van der Waals surface area (Å²) in [4.78, 5) is 32.5. The van der Waals surface area contributed by atoms with Gasteiger partial charge in [-0.2, -0.15) is 0 Å². The molecule has 3 aromatic rings. The predicted molar refractivity (Wildman–Crippen MR) is 93.0 cm³/mol. The summed E-state index contributed by atoms with van der Waals surface area (Å²) < 4.78 is 5.02. The molecule has 0 spiro atoms. The van der Waals surface area contributed by atoms with Gasteiger partial charge >= 0.3 is 0 Å². The average molecular weight is 342 g/mol. The van der Waals surface area contributed by atoms with Crippen LogP contribution in [-0.2, 0) is 0 Å². The molecule has 0 bridgehead atoms. The molecular formula is C17H14N2O4S. The van der Waals surface area contributed by atoms with Gasteiger partial charge in [-0.3, -0.25) is 9.59 Å². The molecule has 0 unspecified atom stereocenters. The van der Waals surface area contributed by atoms with E-state index in [-0.39, 0.29) is 17.1 Å². The molecule has 7 heteroatoms. The summed E-state index contributed by atoms with van der Waals surface area (Å²) in [5.41, 5.74) is 0.348. The largest absolute Gasteiger partial charge is 0.504 e. The first kappa shape index (κ1) is 15.9. The Morgan fingerprint density at radius 1 is 1.38 bits per heavy atom. The minimum atomic E-state index is -0.410. The number of allylic oxidation sites excluding steroid dienone is 1. The van der Waals surface area contributed by atoms with Crippen molar-refractivity contribution in [3.8, 4) is 11.5 Å². The fourth-order valence-electron chi connectivity index (χ4n) is 2.22. The molecule has 0 aliphatic heterocycles. The second kappa shape index (κ2) is 6.29. The van der Waals surface area contributed by atoms with Crippen LogP contribution in [0.25, 0.3) is 16.3 Å². The zero-order valence-electron chi connectivity index (χ0n) is 13.0. The van der Waals surface area contributed by atoms with E-state index in [1.54, 1.807) is 24.3 Å². The number of phenols is 1. The third-order valence-electron chi connectivity index (χ3n) is 3.39. The van der Waals surface area contributed by atoms with Crippen molar-refractivity contribution in [1.29, 1.82) is 0 Å². The number of nitrogens with one attached hydrogen (secondary N) is 1. The highest BCUT2D eigenvalue weighted by Gasteiger charge is 2.11. The van der Waals surface area contributed by atoms with Crippen LogP contribution in [0, 0.1) is 6.92 Å². The molecule has 2 aromatic heterocycles. The van der Waals surface area contributed by atoms with Crippen molar-refractivity contribution >= 4 is 33.4 Å². The Kier molecular flexibility index (Phi) is 4.18. The minimum Gasteiger partial charge on any atom is -0.504 e. The number of thiophene rings is 1. The van der Waals surface area contributed by atoms with Gasteiger partial charge in [0.05, 0.1) is 12.5 Å². The van der Waals surface area contributed by atoms with Crippen molar-refractivity contribution < 1.29 is 14.6 Å². The zero-order chi connectivity index (χ0) is 17.3. The second-order valence-corrected chi connectivity index (χ2v) is 6.35. The molecule has 3 rings (SSSR count). The monoisotopic (exact) mass is 342 g/mol. The van der Waals surface area contributed by atoms with Gasteiger partial charge in [-0.15, -0.1) is 11.3 Å². The number of carbonyl (C=O) groups excluding carboxylic acids is 1. The normalized spacial score (nSPS) is 11.2. The number of rotatable bonds is 4. The maximum atomic E-state index is 12.2. The SMILES string of the molecule is COc1cc(/C=C/C(=O)c2nc3sc(C)cc3c(=O)[nH]2)ccc1O. The van der Waals surface area contributed by atoms with Gasteiger partial charge in [-0.05, 0) is 36.8 Å². The van der Waals surface area contributed by atoms with Crippen LogP contribution < -0.4 is 10.3 Å². The van der Waals surface area contributed by atoms with Crippen molar-refractivity contribution in [2.24, 2.45) is 0 Å². The summed E-state index contributed by atoms with van der Waals surface area (Å²) in [5.74, 6) is -0.0828. The molecule has 1 aromatic carbocycles. The predicted octanol–water partition coefficient (Wildman–Crippen LogP) is 2.90. The van der Waals surface area contributed by atoms with Gasteiger partial charge in [0.15, 0.2) is 17.3 Å². The van der Waals surface area contributed by atoms with Crippen molar-refractivity contribution in [2.75, 3.05) is 7.11 Å². The van der Waals surface area contributed by atoms with E-state index >= 15 is 0 Å². The lowest BCUT2D eigenvalue weighted by atomic mass is 10.1. The topological polar surface area (TPSA) is 92.3 Å². The first-order chi connectivity index (χ1) is 11.5. The minimum absolute atomic E-state index is 0.00339. The third kappa shape index (κ3) is 3.07. The molecule has 6 nitrogen and oxygen atoms in total. The van der Waals surface area contributed by atoms with Gasteiger partial charge in [-0.25, -0.2) is 4.98 Å². The number of ketones is 1. The number of hydrogen-bond donors (Lipinski definition) is 2. The lowest BCUT2D eigenvalue weighted by molar-refractivity contribution is 0.103. The highest BCUT2D eigenvalue weighted by Crippen LogP contribution is 2.26. The number of H-pyrrole nitrogens is 1. The number of aryl methyl sites for hydroxylation is 1. The van der Waals surface area contributed by atoms with Gasteiger partial charge in [0.2, 0.25) is 5.78 Å². The van der Waals surface area contributed by atoms with Gasteiger partial charge in [0.25, 0.3) is 5.56 Å². The first-order valence-electron chi connectivity index (χ1n) is 7.08. The number of benzene rings is 1. The summed E-state index contributed by atoms with van der Waals surface area (Å²) >= 11 is 1.37. The standard InChI is InChI=1S/C17H14N2O4S/c1-9-7-11-16(22)18-15(19-17(11)24-9)13(21)6-4-10-3-5-12(20)14(8-10)23-2/h3-8,20H,1-2H3,(H,18,19,22)/b6-4+. The highest BCUT2D eigenvalue weighted by atomic mass is 32.1. The number of methoxy groups -OCH3 is 1. The number of hydrogen-bond acceptors (Lipinski definition) is 6. The molecular weight excluding hydrogens is 328 g/mol. The molecule has 0 radical (unpaired) electrons. The first-order valence-corrected chi connectivity index (χ1v) is 7.89. The van der Waals surface area contributed by atoms with Crippen LogP contribution in [0.3, 0.4) is 0 Å². The van der Waals surface area contributed by atoms with Crippen LogP contribution in [-0.4, -0.2) is 28.0 Å². The van der Waals surface area contributed by atoms with Gasteiger partial charge in [0.1, 0.15) is 4.83 Å². The Bertz CT molecular complexity index is 1020. The van der Waals surface area contributed by atoms with Gasteiger partial charge in [0, 0.05) is 4.88 Å². The molecule has 2 N–H and O–H groups in total. The van der Waals surface area contributed by atoms with E-state index in [9.17, 15) is 14.7 Å². The Hall–Kier alpha value is -2.93. The van der Waals surface area contributed by atoms with Crippen molar-refractivity contribution in [1.82, 2.24) is 9.97 Å². The van der Waals surface area contributed by atoms with E-state index < -0.39 is 5.78 Å². The lowest BCUT2D eigenvalue weighted by Crippen LogP contribution is -2.13. The van der Waals surface area contributed by atoms with E-state index in [4.69, 9.17) is 4.74 Å². The van der Waals surface area contributed by atoms with Crippen LogP contribution in [0.4, 0.5) is 0 Å². The molecule has 24 heavy (non-hydrogen) atoms. The smallest absolute Gasteiger partial charge is 0.260 e. The average Bonchev–Trinajstić information content (AvgIpc) is 2.94. The molecule has 0 amide bonds. The maximum Gasteiger partial charge on any atom is 0.260 e. The summed E-state index contributed by atoms with van der Waals surface area (Å²) in [6.45, 7) is 1.88. The molecule has 2 heterocycles. The van der Waals surface area contributed by atoms with E-state index in [2.05, 4.69) is 9.97 Å². The van der Waals surface area contributed by atoms with Crippen molar-refractivity contribution in [2.45, 2.75) is 6.92 Å². The molecule has 122 valence electrons. The van der Waals surface area contributed by atoms with Crippen molar-refractivity contribution in [3.05, 3.63) is 57.0 Å². The summed E-state index contributed by atoms with van der Waals surface area (Å²) in [7, 11) is 1.45. The van der Waals surface area contributed by atoms with E-state index in [1.807, 2.05) is 6.92 Å². The van der Waals surface area contributed by atoms with Gasteiger partial charge < -0.3 is 14.8 Å². The van der Waals surface area contributed by atoms with Crippen LogP contribution >= 0.6 is 11.3 Å².